The van der Waals surface area contributed by atoms with E-state index in [1.807, 2.05) is 6.92 Å². The van der Waals surface area contributed by atoms with Gasteiger partial charge in [0.25, 0.3) is 0 Å². The van der Waals surface area contributed by atoms with Crippen molar-refractivity contribution < 1.29 is 9.50 Å². The zero-order chi connectivity index (χ0) is 10.6. The largest absolute Gasteiger partial charge is 0.396 e. The highest BCUT2D eigenvalue weighted by Crippen LogP contribution is 2.10. The molecule has 0 fully saturated rings. The number of aromatic nitrogens is 2. The standard InChI is InChI=1S/C8H13FN4O/c1-5(4-14)2-11-7-6(9)3-12-8(10)13-7/h3,5,14H,2,4H2,1H3,(H3,10,11,12,13). The zero-order valence-electron chi connectivity index (χ0n) is 7.87. The molecule has 14 heavy (non-hydrogen) atoms. The Morgan fingerprint density at radius 2 is 2.43 bits per heavy atom. The molecule has 1 rings (SSSR count). The highest BCUT2D eigenvalue weighted by atomic mass is 19.1. The van der Waals surface area contributed by atoms with E-state index in [2.05, 4.69) is 15.3 Å². The third-order valence-electron chi connectivity index (χ3n) is 1.69. The molecule has 4 N–H and O–H groups in total. The van der Waals surface area contributed by atoms with Crippen molar-refractivity contribution in [3.8, 4) is 0 Å². The minimum Gasteiger partial charge on any atom is -0.396 e. The van der Waals surface area contributed by atoms with Crippen molar-refractivity contribution in [1.82, 2.24) is 9.97 Å². The predicted molar refractivity (Wildman–Crippen MR) is 51.1 cm³/mol. The first kappa shape index (κ1) is 10.6. The van der Waals surface area contributed by atoms with Crippen LogP contribution < -0.4 is 11.1 Å². The van der Waals surface area contributed by atoms with E-state index in [9.17, 15) is 4.39 Å². The lowest BCUT2D eigenvalue weighted by molar-refractivity contribution is 0.244. The minimum absolute atomic E-state index is 0.0190. The Hall–Kier alpha value is -1.43. The second kappa shape index (κ2) is 4.71. The molecule has 0 spiro atoms. The summed E-state index contributed by atoms with van der Waals surface area (Å²) in [7, 11) is 0. The summed E-state index contributed by atoms with van der Waals surface area (Å²) in [6.45, 7) is 2.30. The molecule has 1 aromatic heterocycles. The van der Waals surface area contributed by atoms with Crippen molar-refractivity contribution in [3.63, 3.8) is 0 Å². The predicted octanol–water partition coefficient (Wildman–Crippen LogP) is 0.238. The van der Waals surface area contributed by atoms with Crippen molar-refractivity contribution in [1.29, 1.82) is 0 Å². The number of rotatable bonds is 4. The van der Waals surface area contributed by atoms with Gasteiger partial charge in [0.2, 0.25) is 5.95 Å². The molecule has 0 aliphatic rings. The van der Waals surface area contributed by atoms with Crippen molar-refractivity contribution in [2.45, 2.75) is 6.92 Å². The van der Waals surface area contributed by atoms with Gasteiger partial charge in [0.1, 0.15) is 0 Å². The summed E-state index contributed by atoms with van der Waals surface area (Å²) >= 11 is 0. The molecular weight excluding hydrogens is 187 g/mol. The molecule has 1 aromatic rings. The van der Waals surface area contributed by atoms with Crippen molar-refractivity contribution in [2.24, 2.45) is 5.92 Å². The molecule has 0 bridgehead atoms. The van der Waals surface area contributed by atoms with Gasteiger partial charge in [-0.3, -0.25) is 0 Å². The van der Waals surface area contributed by atoms with Gasteiger partial charge in [-0.1, -0.05) is 6.92 Å². The van der Waals surface area contributed by atoms with Gasteiger partial charge >= 0.3 is 0 Å². The van der Waals surface area contributed by atoms with Gasteiger partial charge in [-0.2, -0.15) is 4.98 Å². The molecule has 0 amide bonds. The van der Waals surface area contributed by atoms with E-state index < -0.39 is 5.82 Å². The van der Waals surface area contributed by atoms with Crippen LogP contribution in [-0.4, -0.2) is 28.2 Å². The molecule has 0 aliphatic carbocycles. The first-order chi connectivity index (χ1) is 6.63. The van der Waals surface area contributed by atoms with Crippen LogP contribution in [0.1, 0.15) is 6.92 Å². The summed E-state index contributed by atoms with van der Waals surface area (Å²) in [5.74, 6) is -0.432. The second-order valence-corrected chi connectivity index (χ2v) is 3.09. The Morgan fingerprint density at radius 3 is 3.07 bits per heavy atom. The molecule has 1 unspecified atom stereocenters. The lowest BCUT2D eigenvalue weighted by Crippen LogP contribution is -2.16. The van der Waals surface area contributed by atoms with Gasteiger partial charge in [-0.05, 0) is 5.92 Å². The third kappa shape index (κ3) is 2.81. The van der Waals surface area contributed by atoms with E-state index >= 15 is 0 Å². The number of halogens is 1. The summed E-state index contributed by atoms with van der Waals surface area (Å²) in [6, 6.07) is 0. The van der Waals surface area contributed by atoms with Crippen LogP contribution in [0.4, 0.5) is 16.2 Å². The maximum absolute atomic E-state index is 13.0. The van der Waals surface area contributed by atoms with Crippen molar-refractivity contribution in [3.05, 3.63) is 12.0 Å². The van der Waals surface area contributed by atoms with Crippen LogP contribution in [0.3, 0.4) is 0 Å². The lowest BCUT2D eigenvalue weighted by Gasteiger charge is -2.10. The number of aliphatic hydroxyl groups is 1. The molecule has 0 saturated carbocycles. The van der Waals surface area contributed by atoms with Crippen LogP contribution in [-0.2, 0) is 0 Å². The molecule has 1 atom stereocenters. The number of nitrogen functional groups attached to an aromatic ring is 1. The fourth-order valence-electron chi connectivity index (χ4n) is 0.840. The maximum Gasteiger partial charge on any atom is 0.222 e. The van der Waals surface area contributed by atoms with E-state index in [1.165, 1.54) is 0 Å². The average molecular weight is 200 g/mol. The SMILES string of the molecule is CC(CO)CNc1nc(N)ncc1F. The fraction of sp³-hybridized carbons (Fsp3) is 0.500. The van der Waals surface area contributed by atoms with Crippen LogP contribution >= 0.6 is 0 Å². The molecule has 5 nitrogen and oxygen atoms in total. The Bertz CT molecular complexity index is 307. The topological polar surface area (TPSA) is 84.1 Å². The molecule has 78 valence electrons. The summed E-state index contributed by atoms with van der Waals surface area (Å²) in [4.78, 5) is 7.17. The van der Waals surface area contributed by atoms with Crippen LogP contribution in [0.2, 0.25) is 0 Å². The first-order valence-electron chi connectivity index (χ1n) is 4.26. The minimum atomic E-state index is -0.552. The Balaban J connectivity index is 2.62. The van der Waals surface area contributed by atoms with Gasteiger partial charge in [-0.15, -0.1) is 0 Å². The van der Waals surface area contributed by atoms with Gasteiger partial charge in [0.05, 0.1) is 6.20 Å². The van der Waals surface area contributed by atoms with Crippen molar-refractivity contribution >= 4 is 11.8 Å². The Labute approximate surface area is 81.2 Å². The van der Waals surface area contributed by atoms with E-state index in [1.54, 1.807) is 0 Å². The van der Waals surface area contributed by atoms with E-state index in [0.717, 1.165) is 6.20 Å². The summed E-state index contributed by atoms with van der Waals surface area (Å²) in [6.07, 6.45) is 1.01. The van der Waals surface area contributed by atoms with Crippen LogP contribution in [0.15, 0.2) is 6.20 Å². The number of hydrogen-bond donors (Lipinski definition) is 3. The summed E-state index contributed by atoms with van der Waals surface area (Å²) < 4.78 is 13.0. The quantitative estimate of drug-likeness (QED) is 0.648. The van der Waals surface area contributed by atoms with Gasteiger partial charge in [0.15, 0.2) is 11.6 Å². The monoisotopic (exact) mass is 200 g/mol. The van der Waals surface area contributed by atoms with Gasteiger partial charge < -0.3 is 16.2 Å². The second-order valence-electron chi connectivity index (χ2n) is 3.09. The Morgan fingerprint density at radius 1 is 1.71 bits per heavy atom. The molecule has 1 heterocycles. The fourth-order valence-corrected chi connectivity index (χ4v) is 0.840. The van der Waals surface area contributed by atoms with Crippen LogP contribution in [0.5, 0.6) is 0 Å². The van der Waals surface area contributed by atoms with Crippen LogP contribution in [0, 0.1) is 11.7 Å². The maximum atomic E-state index is 13.0. The normalized spacial score (nSPS) is 12.5. The smallest absolute Gasteiger partial charge is 0.222 e. The zero-order valence-corrected chi connectivity index (χ0v) is 7.87. The molecule has 0 aliphatic heterocycles. The van der Waals surface area contributed by atoms with E-state index in [4.69, 9.17) is 10.8 Å². The first-order valence-corrected chi connectivity index (χ1v) is 4.26. The summed E-state index contributed by atoms with van der Waals surface area (Å²) in [5.41, 5.74) is 5.29. The molecule has 0 radical (unpaired) electrons. The number of nitrogens with two attached hydrogens (primary N) is 1. The highest BCUT2D eigenvalue weighted by molar-refractivity contribution is 5.38. The van der Waals surface area contributed by atoms with Crippen LogP contribution in [0.25, 0.3) is 0 Å². The van der Waals surface area contributed by atoms with Crippen molar-refractivity contribution in [2.75, 3.05) is 24.2 Å². The average Bonchev–Trinajstić information content (AvgIpc) is 2.19. The molecule has 0 aromatic carbocycles. The van der Waals surface area contributed by atoms with Gasteiger partial charge in [0, 0.05) is 13.2 Å². The number of anilines is 2. The third-order valence-corrected chi connectivity index (χ3v) is 1.69. The number of hydrogen-bond acceptors (Lipinski definition) is 5. The number of nitrogens with one attached hydrogen (secondary N) is 1. The molecule has 6 heteroatoms. The Kier molecular flexibility index (Phi) is 3.58. The summed E-state index contributed by atoms with van der Waals surface area (Å²) in [5, 5.41) is 11.5. The van der Waals surface area contributed by atoms with E-state index in [-0.39, 0.29) is 24.3 Å². The van der Waals surface area contributed by atoms with Gasteiger partial charge in [-0.25, -0.2) is 9.37 Å². The highest BCUT2D eigenvalue weighted by Gasteiger charge is 2.06. The number of aliphatic hydroxyl groups excluding tert-OH is 1. The van der Waals surface area contributed by atoms with E-state index in [0.29, 0.717) is 6.54 Å². The molecular formula is C8H13FN4O. The lowest BCUT2D eigenvalue weighted by atomic mass is 10.2. The number of nitrogens with zero attached hydrogens (tertiary/aromatic N) is 2. The molecule has 0 saturated heterocycles.